The molecule has 1 fully saturated rings. The Kier molecular flexibility index (Phi) is 5.92. The van der Waals surface area contributed by atoms with E-state index in [0.717, 1.165) is 62.4 Å². The Balaban J connectivity index is 1.39. The van der Waals surface area contributed by atoms with E-state index < -0.39 is 0 Å². The maximum atomic E-state index is 13.8. The van der Waals surface area contributed by atoms with Crippen molar-refractivity contribution in [3.05, 3.63) is 65.7 Å². The maximum Gasteiger partial charge on any atom is 0.245 e. The highest BCUT2D eigenvalue weighted by Gasteiger charge is 2.40. The van der Waals surface area contributed by atoms with Crippen molar-refractivity contribution in [1.82, 2.24) is 9.99 Å². The Morgan fingerprint density at radius 3 is 2.75 bits per heavy atom. The van der Waals surface area contributed by atoms with Crippen LogP contribution in [0.15, 0.2) is 54.6 Å². The maximum absolute atomic E-state index is 13.8. The molecule has 0 radical (unpaired) electrons. The summed E-state index contributed by atoms with van der Waals surface area (Å²) in [5, 5.41) is 4.76. The van der Waals surface area contributed by atoms with E-state index in [1.807, 2.05) is 35.0 Å². The number of methoxy groups -OCH3 is 1. The van der Waals surface area contributed by atoms with E-state index in [2.05, 4.69) is 35.0 Å². The fourth-order valence-corrected chi connectivity index (χ4v) is 5.71. The number of fused-ring (bicyclic) bond motifs is 2. The summed E-state index contributed by atoms with van der Waals surface area (Å²) in [7, 11) is 1.65. The van der Waals surface area contributed by atoms with Gasteiger partial charge in [-0.15, -0.1) is 0 Å². The van der Waals surface area contributed by atoms with Crippen LogP contribution in [0, 0.1) is 5.41 Å². The van der Waals surface area contributed by atoms with E-state index in [0.29, 0.717) is 11.9 Å². The third-order valence-corrected chi connectivity index (χ3v) is 7.52. The van der Waals surface area contributed by atoms with Crippen LogP contribution in [0.5, 0.6) is 5.88 Å². The molecule has 5 nitrogen and oxygen atoms in total. The molecule has 1 atom stereocenters. The van der Waals surface area contributed by atoms with Gasteiger partial charge in [0.05, 0.1) is 18.0 Å². The topological polar surface area (TPSA) is 55.3 Å². The van der Waals surface area contributed by atoms with Gasteiger partial charge in [0.2, 0.25) is 11.8 Å². The lowest BCUT2D eigenvalue weighted by Gasteiger charge is -2.38. The van der Waals surface area contributed by atoms with Crippen LogP contribution in [0.1, 0.15) is 62.1 Å². The summed E-state index contributed by atoms with van der Waals surface area (Å²) in [4.78, 5) is 13.8. The number of aromatic nitrogens is 1. The zero-order valence-corrected chi connectivity index (χ0v) is 18.9. The normalized spacial score (nSPS) is 20.0. The average Bonchev–Trinajstić information content (AvgIpc) is 3.20. The number of carbonyl (C=O) groups excluding carboxylic acids is 1. The second-order valence-electron chi connectivity index (χ2n) is 9.36. The largest absolute Gasteiger partial charge is 0.481 e. The quantitative estimate of drug-likeness (QED) is 0.554. The fraction of sp³-hybridized carbons (Fsp3) is 0.444. The van der Waals surface area contributed by atoms with Gasteiger partial charge in [0.25, 0.3) is 0 Å². The van der Waals surface area contributed by atoms with Gasteiger partial charge in [-0.2, -0.15) is 0 Å². The first-order chi connectivity index (χ1) is 15.7. The number of amides is 1. The lowest BCUT2D eigenvalue weighted by atomic mass is 9.69. The summed E-state index contributed by atoms with van der Waals surface area (Å²) in [6.45, 7) is 1.01. The molecule has 1 amide bonds. The number of benzene rings is 2. The van der Waals surface area contributed by atoms with Gasteiger partial charge in [-0.25, -0.2) is 4.68 Å². The van der Waals surface area contributed by atoms with Crippen LogP contribution in [-0.2, 0) is 11.2 Å². The number of rotatable bonds is 6. The standard InChI is InChI=1S/C27H33N3O2/c1-32-25-19-21-10-4-6-12-24(21)30(25)29-26(31)27(15-7-2-8-16-27)17-13-23-22-11-5-3-9-20(22)14-18-28-23/h3-6,9-12,19,23,28H,2,7-8,13-18H2,1H3,(H,29,31). The Morgan fingerprint density at radius 1 is 1.12 bits per heavy atom. The Morgan fingerprint density at radius 2 is 1.91 bits per heavy atom. The zero-order valence-electron chi connectivity index (χ0n) is 18.9. The highest BCUT2D eigenvalue weighted by Crippen LogP contribution is 2.43. The third-order valence-electron chi connectivity index (χ3n) is 7.52. The smallest absolute Gasteiger partial charge is 0.245 e. The summed E-state index contributed by atoms with van der Waals surface area (Å²) in [6.07, 6.45) is 8.31. The summed E-state index contributed by atoms with van der Waals surface area (Å²) in [6, 6.07) is 19.1. The Hall–Kier alpha value is -2.79. The SMILES string of the molecule is COc1cc2ccccc2n1NC(=O)C1(CCC2NCCc3ccccc32)CCCCC1. The Bertz CT molecular complexity index is 1100. The van der Waals surface area contributed by atoms with Crippen LogP contribution in [0.2, 0.25) is 0 Å². The molecule has 2 aromatic carbocycles. The summed E-state index contributed by atoms with van der Waals surface area (Å²) < 4.78 is 7.41. The highest BCUT2D eigenvalue weighted by molar-refractivity contribution is 5.92. The van der Waals surface area contributed by atoms with E-state index in [-0.39, 0.29) is 11.3 Å². The molecular formula is C27H33N3O2. The van der Waals surface area contributed by atoms with Crippen molar-refractivity contribution >= 4 is 16.8 Å². The molecule has 32 heavy (non-hydrogen) atoms. The highest BCUT2D eigenvalue weighted by atomic mass is 16.5. The number of hydrogen-bond donors (Lipinski definition) is 2. The van der Waals surface area contributed by atoms with Crippen molar-refractivity contribution in [2.75, 3.05) is 19.1 Å². The van der Waals surface area contributed by atoms with Crippen molar-refractivity contribution in [1.29, 1.82) is 0 Å². The number of nitrogens with zero attached hydrogens (tertiary/aromatic N) is 1. The second-order valence-corrected chi connectivity index (χ2v) is 9.36. The molecule has 1 saturated carbocycles. The van der Waals surface area contributed by atoms with Gasteiger partial charge in [-0.05, 0) is 55.8 Å². The predicted octanol–water partition coefficient (Wildman–Crippen LogP) is 5.34. The summed E-state index contributed by atoms with van der Waals surface area (Å²) >= 11 is 0. The van der Waals surface area contributed by atoms with Crippen molar-refractivity contribution in [2.45, 2.75) is 57.4 Å². The van der Waals surface area contributed by atoms with Gasteiger partial charge < -0.3 is 10.1 Å². The molecule has 1 aliphatic heterocycles. The number of carbonyl (C=O) groups is 1. The number of ether oxygens (including phenoxy) is 1. The predicted molar refractivity (Wildman–Crippen MR) is 128 cm³/mol. The monoisotopic (exact) mass is 431 g/mol. The second kappa shape index (κ2) is 8.99. The molecule has 1 unspecified atom stereocenters. The van der Waals surface area contributed by atoms with Crippen LogP contribution in [0.4, 0.5) is 0 Å². The van der Waals surface area contributed by atoms with E-state index in [4.69, 9.17) is 4.74 Å². The molecule has 5 rings (SSSR count). The van der Waals surface area contributed by atoms with Crippen molar-refractivity contribution in [2.24, 2.45) is 5.41 Å². The van der Waals surface area contributed by atoms with Gasteiger partial charge in [0, 0.05) is 17.5 Å². The van der Waals surface area contributed by atoms with E-state index in [9.17, 15) is 4.79 Å². The molecular weight excluding hydrogens is 398 g/mol. The van der Waals surface area contributed by atoms with Crippen molar-refractivity contribution in [3.63, 3.8) is 0 Å². The van der Waals surface area contributed by atoms with Gasteiger partial charge in [0.15, 0.2) is 0 Å². The first-order valence-electron chi connectivity index (χ1n) is 12.0. The Labute approximate surface area is 190 Å². The molecule has 2 N–H and O–H groups in total. The molecule has 5 heteroatoms. The third kappa shape index (κ3) is 3.90. The summed E-state index contributed by atoms with van der Waals surface area (Å²) in [5.41, 5.74) is 6.72. The summed E-state index contributed by atoms with van der Waals surface area (Å²) in [5.74, 6) is 0.786. The molecule has 0 spiro atoms. The van der Waals surface area contributed by atoms with E-state index >= 15 is 0 Å². The lowest BCUT2D eigenvalue weighted by molar-refractivity contribution is -0.129. The molecule has 2 aliphatic rings. The van der Waals surface area contributed by atoms with Gasteiger partial charge >= 0.3 is 0 Å². The first kappa shape index (κ1) is 21.1. The van der Waals surface area contributed by atoms with E-state index in [1.54, 1.807) is 7.11 Å². The number of para-hydroxylation sites is 1. The van der Waals surface area contributed by atoms with Crippen LogP contribution in [0.25, 0.3) is 10.9 Å². The number of hydrogen-bond acceptors (Lipinski definition) is 3. The van der Waals surface area contributed by atoms with Crippen LogP contribution < -0.4 is 15.5 Å². The first-order valence-corrected chi connectivity index (χ1v) is 12.0. The van der Waals surface area contributed by atoms with E-state index in [1.165, 1.54) is 17.5 Å². The van der Waals surface area contributed by atoms with Gasteiger partial charge in [-0.1, -0.05) is 61.7 Å². The van der Waals surface area contributed by atoms with Gasteiger partial charge in [0.1, 0.15) is 0 Å². The molecule has 1 aliphatic carbocycles. The van der Waals surface area contributed by atoms with Crippen molar-refractivity contribution in [3.8, 4) is 5.88 Å². The van der Waals surface area contributed by atoms with Crippen molar-refractivity contribution < 1.29 is 9.53 Å². The van der Waals surface area contributed by atoms with Crippen LogP contribution in [-0.4, -0.2) is 24.2 Å². The molecule has 1 aromatic heterocycles. The minimum absolute atomic E-state index is 0.126. The van der Waals surface area contributed by atoms with Crippen LogP contribution >= 0.6 is 0 Å². The molecule has 0 saturated heterocycles. The minimum atomic E-state index is -0.331. The lowest BCUT2D eigenvalue weighted by Crippen LogP contribution is -2.42. The molecule has 3 aromatic rings. The molecule has 2 heterocycles. The minimum Gasteiger partial charge on any atom is -0.481 e. The average molecular weight is 432 g/mol. The molecule has 0 bridgehead atoms. The zero-order chi connectivity index (χ0) is 22.0. The fourth-order valence-electron chi connectivity index (χ4n) is 5.71. The van der Waals surface area contributed by atoms with Gasteiger partial charge in [-0.3, -0.25) is 10.2 Å². The molecule has 168 valence electrons. The van der Waals surface area contributed by atoms with Crippen LogP contribution in [0.3, 0.4) is 0 Å². The number of nitrogens with one attached hydrogen (secondary N) is 2.